The molecule has 2 aromatic rings. The molecule has 6 nitrogen and oxygen atoms in total. The van der Waals surface area contributed by atoms with Crippen LogP contribution < -0.4 is 9.47 Å². The van der Waals surface area contributed by atoms with Gasteiger partial charge in [0.1, 0.15) is 12.4 Å². The van der Waals surface area contributed by atoms with Gasteiger partial charge in [-0.1, -0.05) is 19.9 Å². The molecule has 1 atom stereocenters. The Balaban J connectivity index is 1.91. The highest BCUT2D eigenvalue weighted by atomic mass is 16.5. The molecule has 0 saturated heterocycles. The van der Waals surface area contributed by atoms with Crippen LogP contribution >= 0.6 is 0 Å². The Bertz CT molecular complexity index is 657. The van der Waals surface area contributed by atoms with Crippen molar-refractivity contribution in [3.63, 3.8) is 0 Å². The molecule has 0 aliphatic rings. The Kier molecular flexibility index (Phi) is 8.64. The van der Waals surface area contributed by atoms with Gasteiger partial charge in [0.15, 0.2) is 11.5 Å². The topological polar surface area (TPSA) is 64.3 Å². The minimum Gasteiger partial charge on any atom is -0.493 e. The van der Waals surface area contributed by atoms with Crippen molar-refractivity contribution in [2.24, 2.45) is 5.92 Å². The molecule has 1 aromatic carbocycles. The molecular weight excluding hydrogens is 346 g/mol. The number of methoxy groups -OCH3 is 2. The summed E-state index contributed by atoms with van der Waals surface area (Å²) >= 11 is 0. The van der Waals surface area contributed by atoms with Crippen molar-refractivity contribution in [2.75, 3.05) is 33.9 Å². The fourth-order valence-corrected chi connectivity index (χ4v) is 3.00. The smallest absolute Gasteiger partial charge is 0.161 e. The summed E-state index contributed by atoms with van der Waals surface area (Å²) in [6, 6.07) is 9.59. The quantitative estimate of drug-likeness (QED) is 0.612. The maximum atomic E-state index is 10.4. The van der Waals surface area contributed by atoms with E-state index in [-0.39, 0.29) is 6.61 Å². The van der Waals surface area contributed by atoms with Gasteiger partial charge in [-0.2, -0.15) is 0 Å². The van der Waals surface area contributed by atoms with E-state index in [0.29, 0.717) is 37.1 Å². The first-order chi connectivity index (χ1) is 13.0. The molecule has 0 aliphatic carbocycles. The third-order valence-corrected chi connectivity index (χ3v) is 4.08. The summed E-state index contributed by atoms with van der Waals surface area (Å²) < 4.78 is 21.5. The van der Waals surface area contributed by atoms with Crippen LogP contribution in [0.25, 0.3) is 0 Å². The molecule has 0 amide bonds. The number of hydrogen-bond acceptors (Lipinski definition) is 6. The monoisotopic (exact) mass is 377 g/mol. The van der Waals surface area contributed by atoms with Gasteiger partial charge in [0.05, 0.1) is 33.2 Å². The van der Waals surface area contributed by atoms with E-state index < -0.39 is 6.10 Å². The van der Waals surface area contributed by atoms with Gasteiger partial charge in [0, 0.05) is 19.6 Å². The third-order valence-electron chi connectivity index (χ3n) is 4.08. The zero-order valence-corrected chi connectivity index (χ0v) is 16.7. The van der Waals surface area contributed by atoms with Crippen LogP contribution in [0.2, 0.25) is 0 Å². The number of ether oxygens (including phenoxy) is 3. The summed E-state index contributed by atoms with van der Waals surface area (Å²) in [7, 11) is 3.26. The van der Waals surface area contributed by atoms with Gasteiger partial charge in [0.2, 0.25) is 0 Å². The predicted molar refractivity (Wildman–Crippen MR) is 104 cm³/mol. The van der Waals surface area contributed by atoms with Crippen molar-refractivity contribution in [3.05, 3.63) is 47.9 Å². The minimum atomic E-state index is -0.571. The average molecular weight is 377 g/mol. The standard InChI is InChI=1S/C21H31NO5/c1-16(2)11-22(12-17-7-8-20(24-3)21(10-17)25-4)13-18(23)14-26-15-19-6-5-9-27-19/h5-10,16,18,23H,11-15H2,1-4H3. The van der Waals surface area contributed by atoms with Crippen molar-refractivity contribution >= 4 is 0 Å². The van der Waals surface area contributed by atoms with Crippen LogP contribution in [0.15, 0.2) is 41.0 Å². The largest absolute Gasteiger partial charge is 0.493 e. The highest BCUT2D eigenvalue weighted by Crippen LogP contribution is 2.28. The van der Waals surface area contributed by atoms with Crippen LogP contribution in [0.4, 0.5) is 0 Å². The number of nitrogens with zero attached hydrogens (tertiary/aromatic N) is 1. The highest BCUT2D eigenvalue weighted by Gasteiger charge is 2.15. The molecule has 2 rings (SSSR count). The maximum Gasteiger partial charge on any atom is 0.161 e. The molecule has 0 radical (unpaired) electrons. The lowest BCUT2D eigenvalue weighted by molar-refractivity contribution is 0.00223. The molecule has 150 valence electrons. The zero-order valence-electron chi connectivity index (χ0n) is 16.7. The Morgan fingerprint density at radius 1 is 1.07 bits per heavy atom. The highest BCUT2D eigenvalue weighted by molar-refractivity contribution is 5.42. The second-order valence-electron chi connectivity index (χ2n) is 7.03. The van der Waals surface area contributed by atoms with E-state index in [2.05, 4.69) is 18.7 Å². The van der Waals surface area contributed by atoms with Gasteiger partial charge < -0.3 is 23.7 Å². The number of benzene rings is 1. The average Bonchev–Trinajstić information content (AvgIpc) is 3.14. The van der Waals surface area contributed by atoms with E-state index in [0.717, 1.165) is 17.9 Å². The van der Waals surface area contributed by atoms with Gasteiger partial charge in [0.25, 0.3) is 0 Å². The summed E-state index contributed by atoms with van der Waals surface area (Å²) in [6.07, 6.45) is 1.04. The first-order valence-electron chi connectivity index (χ1n) is 9.23. The van der Waals surface area contributed by atoms with E-state index in [1.165, 1.54) is 0 Å². The summed E-state index contributed by atoms with van der Waals surface area (Å²) in [4.78, 5) is 2.23. The fraction of sp³-hybridized carbons (Fsp3) is 0.524. The number of aliphatic hydroxyl groups is 1. The number of rotatable bonds is 12. The molecule has 6 heteroatoms. The second-order valence-corrected chi connectivity index (χ2v) is 7.03. The maximum absolute atomic E-state index is 10.4. The lowest BCUT2D eigenvalue weighted by Crippen LogP contribution is -2.36. The molecule has 1 N–H and O–H groups in total. The Morgan fingerprint density at radius 2 is 1.85 bits per heavy atom. The van der Waals surface area contributed by atoms with Crippen LogP contribution in [0, 0.1) is 5.92 Å². The molecular formula is C21H31NO5. The summed E-state index contributed by atoms with van der Waals surface area (Å²) in [5.41, 5.74) is 1.11. The number of furan rings is 1. The van der Waals surface area contributed by atoms with Crippen molar-refractivity contribution in [1.29, 1.82) is 0 Å². The van der Waals surface area contributed by atoms with E-state index in [1.54, 1.807) is 20.5 Å². The molecule has 1 aromatic heterocycles. The van der Waals surface area contributed by atoms with Gasteiger partial charge in [-0.05, 0) is 35.7 Å². The summed E-state index contributed by atoms with van der Waals surface area (Å²) in [6.45, 7) is 7.09. The van der Waals surface area contributed by atoms with Crippen molar-refractivity contribution in [2.45, 2.75) is 33.1 Å². The molecule has 0 saturated carbocycles. The minimum absolute atomic E-state index is 0.265. The van der Waals surface area contributed by atoms with Gasteiger partial charge in [-0.3, -0.25) is 4.90 Å². The van der Waals surface area contributed by atoms with Crippen LogP contribution in [-0.4, -0.2) is 50.0 Å². The van der Waals surface area contributed by atoms with Gasteiger partial charge >= 0.3 is 0 Å². The van der Waals surface area contributed by atoms with Gasteiger partial charge in [-0.25, -0.2) is 0 Å². The van der Waals surface area contributed by atoms with E-state index in [1.807, 2.05) is 30.3 Å². The molecule has 0 fully saturated rings. The van der Waals surface area contributed by atoms with Crippen molar-refractivity contribution in [3.8, 4) is 11.5 Å². The number of aliphatic hydroxyl groups excluding tert-OH is 1. The van der Waals surface area contributed by atoms with E-state index in [9.17, 15) is 5.11 Å². The molecule has 0 spiro atoms. The van der Waals surface area contributed by atoms with Gasteiger partial charge in [-0.15, -0.1) is 0 Å². The predicted octanol–water partition coefficient (Wildman–Crippen LogP) is 3.33. The van der Waals surface area contributed by atoms with Crippen LogP contribution in [0.3, 0.4) is 0 Å². The lowest BCUT2D eigenvalue weighted by Gasteiger charge is -2.27. The number of hydrogen-bond donors (Lipinski definition) is 1. The normalized spacial score (nSPS) is 12.6. The Hall–Kier alpha value is -2.02. The summed E-state index contributed by atoms with van der Waals surface area (Å²) in [5.74, 6) is 2.66. The third kappa shape index (κ3) is 7.25. The molecule has 0 bridgehead atoms. The van der Waals surface area contributed by atoms with Crippen LogP contribution in [-0.2, 0) is 17.9 Å². The lowest BCUT2D eigenvalue weighted by atomic mass is 10.1. The molecule has 1 heterocycles. The van der Waals surface area contributed by atoms with Crippen LogP contribution in [0.5, 0.6) is 11.5 Å². The Labute approximate surface area is 161 Å². The molecule has 1 unspecified atom stereocenters. The SMILES string of the molecule is COc1ccc(CN(CC(C)C)CC(O)COCc2ccco2)cc1OC. The van der Waals surface area contributed by atoms with Crippen molar-refractivity contribution < 1.29 is 23.7 Å². The summed E-state index contributed by atoms with van der Waals surface area (Å²) in [5, 5.41) is 10.4. The van der Waals surface area contributed by atoms with E-state index >= 15 is 0 Å². The van der Waals surface area contributed by atoms with E-state index in [4.69, 9.17) is 18.6 Å². The first kappa shape index (κ1) is 21.3. The zero-order chi connectivity index (χ0) is 19.6. The molecule has 27 heavy (non-hydrogen) atoms. The first-order valence-corrected chi connectivity index (χ1v) is 9.23. The fourth-order valence-electron chi connectivity index (χ4n) is 3.00. The van der Waals surface area contributed by atoms with Crippen molar-refractivity contribution in [1.82, 2.24) is 4.90 Å². The second kappa shape index (κ2) is 11.0. The Morgan fingerprint density at radius 3 is 2.48 bits per heavy atom. The van der Waals surface area contributed by atoms with Crippen LogP contribution in [0.1, 0.15) is 25.2 Å². The molecule has 0 aliphatic heterocycles.